The van der Waals surface area contributed by atoms with Gasteiger partial charge in [0.25, 0.3) is 0 Å². The molecule has 0 aliphatic heterocycles. The van der Waals surface area contributed by atoms with E-state index >= 15 is 0 Å². The van der Waals surface area contributed by atoms with E-state index in [4.69, 9.17) is 0 Å². The van der Waals surface area contributed by atoms with E-state index in [0.717, 1.165) is 28.5 Å². The monoisotopic (exact) mass is 271 g/mol. The van der Waals surface area contributed by atoms with Crippen LogP contribution in [0.1, 0.15) is 10.7 Å². The molecule has 0 saturated heterocycles. The van der Waals surface area contributed by atoms with Gasteiger partial charge in [-0.3, -0.25) is 0 Å². The van der Waals surface area contributed by atoms with Crippen LogP contribution >= 0.6 is 11.3 Å². The highest BCUT2D eigenvalue weighted by Crippen LogP contribution is 2.18. The van der Waals surface area contributed by atoms with Gasteiger partial charge >= 0.3 is 0 Å². The normalized spacial score (nSPS) is 10.7. The van der Waals surface area contributed by atoms with E-state index in [9.17, 15) is 0 Å². The number of benzene rings is 1. The Kier molecular flexibility index (Phi) is 3.62. The maximum absolute atomic E-state index is 4.23. The van der Waals surface area contributed by atoms with E-state index in [1.807, 2.05) is 41.9 Å². The van der Waals surface area contributed by atoms with Crippen LogP contribution in [-0.2, 0) is 13.1 Å². The van der Waals surface area contributed by atoms with Crippen LogP contribution in [0.4, 0.5) is 0 Å². The molecule has 3 rings (SSSR count). The van der Waals surface area contributed by atoms with E-state index < -0.39 is 0 Å². The van der Waals surface area contributed by atoms with Crippen molar-refractivity contribution in [1.29, 1.82) is 0 Å². The Balaban J connectivity index is 1.67. The molecule has 0 aliphatic carbocycles. The van der Waals surface area contributed by atoms with Crippen LogP contribution in [0.15, 0.2) is 41.9 Å². The van der Waals surface area contributed by atoms with Crippen molar-refractivity contribution < 1.29 is 0 Å². The molecular formula is C13H13N5S. The van der Waals surface area contributed by atoms with Gasteiger partial charge in [0.15, 0.2) is 0 Å². The topological polar surface area (TPSA) is 66.5 Å². The fourth-order valence-electron chi connectivity index (χ4n) is 1.83. The average molecular weight is 271 g/mol. The number of nitrogens with one attached hydrogen (secondary N) is 2. The number of hydrogen-bond donors (Lipinski definition) is 2. The van der Waals surface area contributed by atoms with Crippen molar-refractivity contribution in [1.82, 2.24) is 25.7 Å². The van der Waals surface area contributed by atoms with E-state index in [1.54, 1.807) is 11.3 Å². The zero-order chi connectivity index (χ0) is 12.9. The summed E-state index contributed by atoms with van der Waals surface area (Å²) in [6.07, 6.45) is 1.81. The first-order valence-corrected chi connectivity index (χ1v) is 6.85. The summed E-state index contributed by atoms with van der Waals surface area (Å²) in [5.74, 6) is 0. The fourth-order valence-corrected chi connectivity index (χ4v) is 2.42. The predicted molar refractivity (Wildman–Crippen MR) is 74.5 cm³/mol. The summed E-state index contributed by atoms with van der Waals surface area (Å²) in [6, 6.07) is 10.0. The zero-order valence-corrected chi connectivity index (χ0v) is 11.0. The Bertz CT molecular complexity index is 618. The van der Waals surface area contributed by atoms with Gasteiger partial charge in [-0.25, -0.2) is 4.98 Å². The maximum atomic E-state index is 4.23. The second kappa shape index (κ2) is 5.73. The first kappa shape index (κ1) is 12.0. The molecule has 1 aromatic carbocycles. The third-order valence-corrected chi connectivity index (χ3v) is 3.50. The van der Waals surface area contributed by atoms with Crippen LogP contribution in [0, 0.1) is 0 Å². The molecule has 2 N–H and O–H groups in total. The fraction of sp³-hybridized carbons (Fsp3) is 0.154. The third kappa shape index (κ3) is 2.86. The average Bonchev–Trinajstić information content (AvgIpc) is 3.11. The lowest BCUT2D eigenvalue weighted by atomic mass is 10.1. The molecule has 0 fully saturated rings. The summed E-state index contributed by atoms with van der Waals surface area (Å²) in [5.41, 5.74) is 2.89. The molecule has 0 amide bonds. The summed E-state index contributed by atoms with van der Waals surface area (Å²) in [6.45, 7) is 1.42. The second-order valence-corrected chi connectivity index (χ2v) is 4.99. The summed E-state index contributed by atoms with van der Waals surface area (Å²) in [4.78, 5) is 4.23. The summed E-state index contributed by atoms with van der Waals surface area (Å²) in [5, 5.41) is 17.5. The number of hydrogen-bond acceptors (Lipinski definition) is 5. The molecule has 0 aliphatic rings. The minimum Gasteiger partial charge on any atom is -0.305 e. The Morgan fingerprint density at radius 1 is 1.11 bits per heavy atom. The SMILES string of the molecule is c1ccc(-c2n[nH]nc2CNCc2nccs2)cc1. The number of nitrogens with zero attached hydrogens (tertiary/aromatic N) is 3. The van der Waals surface area contributed by atoms with Gasteiger partial charge in [-0.15, -0.1) is 11.3 Å². The van der Waals surface area contributed by atoms with Crippen molar-refractivity contribution in [3.05, 3.63) is 52.6 Å². The first-order valence-electron chi connectivity index (χ1n) is 5.97. The van der Waals surface area contributed by atoms with Gasteiger partial charge < -0.3 is 5.32 Å². The molecule has 2 aromatic heterocycles. The van der Waals surface area contributed by atoms with Crippen molar-refractivity contribution in [3.8, 4) is 11.3 Å². The van der Waals surface area contributed by atoms with Gasteiger partial charge in [0, 0.05) is 30.2 Å². The van der Waals surface area contributed by atoms with Crippen LogP contribution in [0.2, 0.25) is 0 Å². The van der Waals surface area contributed by atoms with Crippen molar-refractivity contribution in [3.63, 3.8) is 0 Å². The Morgan fingerprint density at radius 2 is 2.00 bits per heavy atom. The summed E-state index contributed by atoms with van der Waals surface area (Å²) in [7, 11) is 0. The van der Waals surface area contributed by atoms with Crippen LogP contribution in [0.25, 0.3) is 11.3 Å². The quantitative estimate of drug-likeness (QED) is 0.746. The number of H-pyrrole nitrogens is 1. The minimum absolute atomic E-state index is 0.667. The zero-order valence-electron chi connectivity index (χ0n) is 10.2. The molecule has 0 radical (unpaired) electrons. The van der Waals surface area contributed by atoms with E-state index in [1.165, 1.54) is 0 Å². The standard InChI is InChI=1S/C13H13N5S/c1-2-4-10(5-3-1)13-11(16-18-17-13)8-14-9-12-15-6-7-19-12/h1-7,14H,8-9H2,(H,16,17,18). The van der Waals surface area contributed by atoms with Gasteiger partial charge in [-0.05, 0) is 0 Å². The molecule has 96 valence electrons. The minimum atomic E-state index is 0.667. The Morgan fingerprint density at radius 3 is 2.79 bits per heavy atom. The highest BCUT2D eigenvalue weighted by Gasteiger charge is 2.09. The Hall–Kier alpha value is -2.05. The van der Waals surface area contributed by atoms with Gasteiger partial charge in [-0.1, -0.05) is 30.3 Å². The lowest BCUT2D eigenvalue weighted by Crippen LogP contribution is -2.13. The number of aromatic nitrogens is 4. The molecular weight excluding hydrogens is 258 g/mol. The van der Waals surface area contributed by atoms with Gasteiger partial charge in [0.2, 0.25) is 0 Å². The van der Waals surface area contributed by atoms with Crippen molar-refractivity contribution in [2.75, 3.05) is 0 Å². The summed E-state index contributed by atoms with van der Waals surface area (Å²) < 4.78 is 0. The molecule has 0 saturated carbocycles. The number of aromatic amines is 1. The molecule has 6 heteroatoms. The largest absolute Gasteiger partial charge is 0.305 e. The highest BCUT2D eigenvalue weighted by molar-refractivity contribution is 7.09. The second-order valence-electron chi connectivity index (χ2n) is 4.01. The van der Waals surface area contributed by atoms with Crippen LogP contribution in [0.3, 0.4) is 0 Å². The van der Waals surface area contributed by atoms with E-state index in [0.29, 0.717) is 6.54 Å². The van der Waals surface area contributed by atoms with E-state index in [2.05, 4.69) is 25.7 Å². The maximum Gasteiger partial charge on any atom is 0.117 e. The molecule has 3 aromatic rings. The molecule has 19 heavy (non-hydrogen) atoms. The van der Waals surface area contributed by atoms with Crippen LogP contribution in [-0.4, -0.2) is 20.4 Å². The molecule has 2 heterocycles. The summed E-state index contributed by atoms with van der Waals surface area (Å²) >= 11 is 1.64. The molecule has 0 bridgehead atoms. The molecule has 0 atom stereocenters. The lowest BCUT2D eigenvalue weighted by Gasteiger charge is -2.02. The third-order valence-electron chi connectivity index (χ3n) is 2.72. The van der Waals surface area contributed by atoms with Crippen molar-refractivity contribution in [2.24, 2.45) is 0 Å². The lowest BCUT2D eigenvalue weighted by molar-refractivity contribution is 0.675. The molecule has 0 unspecified atom stereocenters. The smallest absolute Gasteiger partial charge is 0.117 e. The van der Waals surface area contributed by atoms with Gasteiger partial charge in [0.05, 0.1) is 0 Å². The van der Waals surface area contributed by atoms with E-state index in [-0.39, 0.29) is 0 Å². The predicted octanol–water partition coefficient (Wildman–Crippen LogP) is 2.22. The van der Waals surface area contributed by atoms with Gasteiger partial charge in [-0.2, -0.15) is 15.4 Å². The number of rotatable bonds is 5. The highest BCUT2D eigenvalue weighted by atomic mass is 32.1. The Labute approximate surface area is 114 Å². The van der Waals surface area contributed by atoms with Crippen molar-refractivity contribution >= 4 is 11.3 Å². The van der Waals surface area contributed by atoms with Crippen LogP contribution < -0.4 is 5.32 Å². The molecule has 5 nitrogen and oxygen atoms in total. The van der Waals surface area contributed by atoms with Crippen molar-refractivity contribution in [2.45, 2.75) is 13.1 Å². The van der Waals surface area contributed by atoms with Gasteiger partial charge in [0.1, 0.15) is 16.4 Å². The number of thiazole rings is 1. The van der Waals surface area contributed by atoms with Crippen LogP contribution in [0.5, 0.6) is 0 Å². The molecule has 0 spiro atoms. The first-order chi connectivity index (χ1) is 9.43.